The van der Waals surface area contributed by atoms with Crippen molar-refractivity contribution >= 4 is 51.2 Å². The normalized spacial score (nSPS) is 15.2. The summed E-state index contributed by atoms with van der Waals surface area (Å²) in [6, 6.07) is 61.4. The molecule has 1 aromatic heterocycles. The van der Waals surface area contributed by atoms with Crippen LogP contribution in [-0.2, 0) is 10.8 Å². The molecule has 0 saturated carbocycles. The van der Waals surface area contributed by atoms with Crippen LogP contribution < -0.4 is 14.4 Å². The van der Waals surface area contributed by atoms with E-state index in [0.29, 0.717) is 61.4 Å². The minimum absolute atomic E-state index is 0.0538. The Morgan fingerprint density at radius 3 is 1.12 bits per heavy atom. The third-order valence-electron chi connectivity index (χ3n) is 17.6. The number of furan rings is 1. The SMILES string of the molecule is C=Cc1ccc(Oc2ccc(C3(c4c(F)c(F)c(F)c(F)c4F)c4ccccc4-c4ccc(N(c5ccc6c(c5)C(c5ccc(Oc7ccc(C=C)cc7)cc5)(c5c(F)c(F)c(F)c(F)c5F)c5ccccc5-6)c5cccc6c5oc5ccccc56)cc43)cc2)cc1. The highest BCUT2D eigenvalue weighted by molar-refractivity contribution is 6.10. The molecule has 0 radical (unpaired) electrons. The van der Waals surface area contributed by atoms with Gasteiger partial charge in [0.15, 0.2) is 52.1 Å². The number of hydrogen-bond acceptors (Lipinski definition) is 4. The molecule has 0 N–H and O–H groups in total. The van der Waals surface area contributed by atoms with Crippen molar-refractivity contribution in [2.75, 3.05) is 4.90 Å². The first-order chi connectivity index (χ1) is 44.7. The molecule has 92 heavy (non-hydrogen) atoms. The van der Waals surface area contributed by atoms with Gasteiger partial charge in [-0.1, -0.05) is 165 Å². The van der Waals surface area contributed by atoms with E-state index in [1.807, 2.05) is 18.2 Å². The molecule has 448 valence electrons. The van der Waals surface area contributed by atoms with Gasteiger partial charge in [-0.2, -0.15) is 0 Å². The molecule has 0 aliphatic heterocycles. The van der Waals surface area contributed by atoms with Gasteiger partial charge in [-0.15, -0.1) is 0 Å². The minimum atomic E-state index is -2.37. The maximum atomic E-state index is 17.4. The third kappa shape index (κ3) is 8.39. The monoisotopic (exact) mass is 1230 g/mol. The van der Waals surface area contributed by atoms with Crippen LogP contribution >= 0.6 is 0 Å². The smallest absolute Gasteiger partial charge is 0.200 e. The molecule has 2 atom stereocenters. The number of rotatable bonds is 13. The van der Waals surface area contributed by atoms with Crippen molar-refractivity contribution in [3.63, 3.8) is 0 Å². The number of hydrogen-bond donors (Lipinski definition) is 0. The highest BCUT2D eigenvalue weighted by atomic mass is 19.2. The summed E-state index contributed by atoms with van der Waals surface area (Å²) in [5, 5.41) is 1.32. The van der Waals surface area contributed by atoms with Crippen LogP contribution in [0.15, 0.2) is 242 Å². The molecule has 4 nitrogen and oxygen atoms in total. The average molecular weight is 1230 g/mol. The van der Waals surface area contributed by atoms with E-state index in [-0.39, 0.29) is 56.3 Å². The molecule has 2 aliphatic carbocycles. The van der Waals surface area contributed by atoms with Gasteiger partial charge >= 0.3 is 0 Å². The predicted molar refractivity (Wildman–Crippen MR) is 336 cm³/mol. The van der Waals surface area contributed by atoms with E-state index in [0.717, 1.165) is 11.1 Å². The van der Waals surface area contributed by atoms with E-state index in [4.69, 9.17) is 13.9 Å². The highest BCUT2D eigenvalue weighted by Gasteiger charge is 2.54. The summed E-state index contributed by atoms with van der Waals surface area (Å²) < 4.78 is 184. The number of ether oxygens (including phenoxy) is 2. The Bertz CT molecular complexity index is 4890. The van der Waals surface area contributed by atoms with E-state index < -0.39 is 80.1 Å². The maximum Gasteiger partial charge on any atom is 0.200 e. The zero-order valence-corrected chi connectivity index (χ0v) is 47.9. The first-order valence-electron chi connectivity index (χ1n) is 28.9. The third-order valence-corrected chi connectivity index (χ3v) is 17.6. The molecular weight excluding hydrogens is 1190 g/mol. The Kier molecular flexibility index (Phi) is 13.5. The molecule has 0 fully saturated rings. The summed E-state index contributed by atoms with van der Waals surface area (Å²) in [5.74, 6) is -20.5. The molecule has 12 aromatic carbocycles. The molecule has 0 saturated heterocycles. The largest absolute Gasteiger partial charge is 0.457 e. The van der Waals surface area contributed by atoms with Gasteiger partial charge < -0.3 is 18.8 Å². The highest BCUT2D eigenvalue weighted by Crippen LogP contribution is 2.62. The topological polar surface area (TPSA) is 34.8 Å². The van der Waals surface area contributed by atoms with Crippen LogP contribution in [0.1, 0.15) is 55.6 Å². The Balaban J connectivity index is 1.01. The van der Waals surface area contributed by atoms with Crippen molar-refractivity contribution in [1.82, 2.24) is 0 Å². The van der Waals surface area contributed by atoms with Crippen LogP contribution in [0.25, 0.3) is 56.3 Å². The van der Waals surface area contributed by atoms with Gasteiger partial charge in [0.1, 0.15) is 28.6 Å². The number of para-hydroxylation sites is 2. The Morgan fingerprint density at radius 1 is 0.337 bits per heavy atom. The van der Waals surface area contributed by atoms with Crippen LogP contribution in [0.5, 0.6) is 23.0 Å². The Labute approximate surface area is 519 Å². The van der Waals surface area contributed by atoms with Gasteiger partial charge in [-0.25, -0.2) is 43.9 Å². The fourth-order valence-electron chi connectivity index (χ4n) is 13.6. The van der Waals surface area contributed by atoms with Gasteiger partial charge in [0.2, 0.25) is 11.6 Å². The van der Waals surface area contributed by atoms with E-state index in [1.54, 1.807) is 175 Å². The zero-order chi connectivity index (χ0) is 63.5. The molecule has 13 aromatic rings. The lowest BCUT2D eigenvalue weighted by Gasteiger charge is -2.36. The molecule has 0 spiro atoms. The van der Waals surface area contributed by atoms with Crippen LogP contribution in [0.3, 0.4) is 0 Å². The summed E-state index contributed by atoms with van der Waals surface area (Å²) >= 11 is 0. The molecular formula is C78H43F10NO3. The molecule has 0 bridgehead atoms. The lowest BCUT2D eigenvalue weighted by Crippen LogP contribution is -2.33. The van der Waals surface area contributed by atoms with Gasteiger partial charge in [0, 0.05) is 33.3 Å². The average Bonchev–Trinajstić information content (AvgIpc) is 1.49. The van der Waals surface area contributed by atoms with E-state index in [1.165, 1.54) is 48.5 Å². The van der Waals surface area contributed by atoms with Gasteiger partial charge in [0.05, 0.1) is 16.5 Å². The fraction of sp³-hybridized carbons (Fsp3) is 0.0256. The van der Waals surface area contributed by atoms with Crippen LogP contribution in [0.2, 0.25) is 0 Å². The summed E-state index contributed by atoms with van der Waals surface area (Å²) in [6.45, 7) is 7.59. The molecule has 15 rings (SSSR count). The van der Waals surface area contributed by atoms with Crippen LogP contribution in [0.4, 0.5) is 61.0 Å². The van der Waals surface area contributed by atoms with Crippen LogP contribution in [0, 0.1) is 58.2 Å². The van der Waals surface area contributed by atoms with E-state index in [2.05, 4.69) is 13.2 Å². The summed E-state index contributed by atoms with van der Waals surface area (Å²) in [6.07, 6.45) is 3.32. The van der Waals surface area contributed by atoms with Crippen molar-refractivity contribution in [2.24, 2.45) is 0 Å². The maximum absolute atomic E-state index is 17.4. The van der Waals surface area contributed by atoms with E-state index >= 15 is 43.9 Å². The fourth-order valence-corrected chi connectivity index (χ4v) is 13.6. The van der Waals surface area contributed by atoms with E-state index in [9.17, 15) is 0 Å². The predicted octanol–water partition coefficient (Wildman–Crippen LogP) is 22.0. The van der Waals surface area contributed by atoms with Crippen molar-refractivity contribution < 1.29 is 57.8 Å². The molecule has 0 amide bonds. The summed E-state index contributed by atoms with van der Waals surface area (Å²) in [4.78, 5) is 1.69. The molecule has 2 aliphatic rings. The standard InChI is InChI=1S/C78H43F10NO3/c1-3-42-20-30-48(31-21-42)90-50-34-24-44(25-35-50)77(64-66(79)70(83)74(87)71(84)67(64)80)58-16-8-5-12-52(58)54-38-28-46(40-60(54)77)89(62-18-11-15-57-56-14-7-10-19-63(56)92-76(57)62)47-29-39-55-53-13-6-9-17-59(53)78(61(55)41-47,65-68(81)72(85)75(88)73(86)69(65)82)45-26-36-51(37-27-45)91-49-32-22-43(4-2)23-33-49/h3-41H,1-2H2. The van der Waals surface area contributed by atoms with Crippen LogP contribution in [-0.4, -0.2) is 0 Å². The summed E-state index contributed by atoms with van der Waals surface area (Å²) in [5.41, 5.74) is -1.98. The van der Waals surface area contributed by atoms with Crippen molar-refractivity contribution in [1.29, 1.82) is 0 Å². The van der Waals surface area contributed by atoms with Crippen molar-refractivity contribution in [2.45, 2.75) is 10.8 Å². The second kappa shape index (κ2) is 21.7. The molecule has 14 heteroatoms. The number of halogens is 10. The Hall–Kier alpha value is -11.4. The first-order valence-corrected chi connectivity index (χ1v) is 28.9. The summed E-state index contributed by atoms with van der Waals surface area (Å²) in [7, 11) is 0. The first kappa shape index (κ1) is 57.1. The van der Waals surface area contributed by atoms with Gasteiger partial charge in [0.25, 0.3) is 0 Å². The van der Waals surface area contributed by atoms with Gasteiger partial charge in [-0.3, -0.25) is 0 Å². The number of nitrogens with zero attached hydrogens (tertiary/aromatic N) is 1. The lowest BCUT2D eigenvalue weighted by atomic mass is 9.67. The zero-order valence-electron chi connectivity index (χ0n) is 47.9. The number of fused-ring (bicyclic) bond motifs is 9. The van der Waals surface area contributed by atoms with Crippen molar-refractivity contribution in [3.8, 4) is 45.3 Å². The Morgan fingerprint density at radius 2 is 0.696 bits per heavy atom. The number of benzene rings is 12. The minimum Gasteiger partial charge on any atom is -0.457 e. The number of anilines is 3. The second-order valence-electron chi connectivity index (χ2n) is 22.3. The second-order valence-corrected chi connectivity index (χ2v) is 22.3. The van der Waals surface area contributed by atoms with Gasteiger partial charge in [-0.05, 0) is 152 Å². The molecule has 1 heterocycles. The van der Waals surface area contributed by atoms with Crippen molar-refractivity contribution in [3.05, 3.63) is 351 Å². The lowest BCUT2D eigenvalue weighted by molar-refractivity contribution is 0.363. The quantitative estimate of drug-likeness (QED) is 0.0655. The molecule has 2 unspecified atom stereocenters.